The van der Waals surface area contributed by atoms with E-state index in [2.05, 4.69) is 10.6 Å². The number of carbonyl (C=O) groups is 1. The fraction of sp³-hybridized carbons (Fsp3) is 0.500. The molecule has 0 aliphatic heterocycles. The van der Waals surface area contributed by atoms with Gasteiger partial charge in [0.05, 0.1) is 21.3 Å². The van der Waals surface area contributed by atoms with Crippen LogP contribution in [0.1, 0.15) is 18.5 Å². The quantitative estimate of drug-likeness (QED) is 0.623. The molecule has 0 aliphatic rings. The Labute approximate surface area is 124 Å². The summed E-state index contributed by atoms with van der Waals surface area (Å²) in [4.78, 5) is 10.6. The van der Waals surface area contributed by atoms with E-state index >= 15 is 0 Å². The molecule has 1 aromatic carbocycles. The summed E-state index contributed by atoms with van der Waals surface area (Å²) < 4.78 is 15.9. The Bertz CT molecular complexity index is 454. The van der Waals surface area contributed by atoms with E-state index in [0.29, 0.717) is 30.3 Å². The van der Waals surface area contributed by atoms with Gasteiger partial charge in [-0.15, -0.1) is 0 Å². The van der Waals surface area contributed by atoms with E-state index in [4.69, 9.17) is 19.9 Å². The molecule has 1 unspecified atom stereocenters. The SMILES string of the molecule is COc1cc(C(C)NCCNC(N)=O)cc(OC)c1OC. The van der Waals surface area contributed by atoms with Crippen molar-refractivity contribution < 1.29 is 19.0 Å². The highest BCUT2D eigenvalue weighted by molar-refractivity contribution is 5.71. The largest absolute Gasteiger partial charge is 0.493 e. The van der Waals surface area contributed by atoms with Crippen molar-refractivity contribution in [1.82, 2.24) is 10.6 Å². The summed E-state index contributed by atoms with van der Waals surface area (Å²) in [6.07, 6.45) is 0. The lowest BCUT2D eigenvalue weighted by Crippen LogP contribution is -2.36. The van der Waals surface area contributed by atoms with Crippen LogP contribution in [0.25, 0.3) is 0 Å². The first-order chi connectivity index (χ1) is 10.0. The fourth-order valence-corrected chi connectivity index (χ4v) is 1.94. The van der Waals surface area contributed by atoms with Crippen LogP contribution < -0.4 is 30.6 Å². The van der Waals surface area contributed by atoms with E-state index in [9.17, 15) is 4.79 Å². The van der Waals surface area contributed by atoms with Crippen LogP contribution in [0.2, 0.25) is 0 Å². The van der Waals surface area contributed by atoms with E-state index in [1.54, 1.807) is 21.3 Å². The van der Waals surface area contributed by atoms with Crippen molar-refractivity contribution in [3.05, 3.63) is 17.7 Å². The molecule has 0 aromatic heterocycles. The average Bonchev–Trinajstić information content (AvgIpc) is 2.49. The second kappa shape index (κ2) is 8.21. The molecule has 0 radical (unpaired) electrons. The van der Waals surface area contributed by atoms with Gasteiger partial charge in [-0.25, -0.2) is 4.79 Å². The number of hydrogen-bond acceptors (Lipinski definition) is 5. The van der Waals surface area contributed by atoms with Crippen LogP contribution in [0.3, 0.4) is 0 Å². The Morgan fingerprint density at radius 1 is 1.14 bits per heavy atom. The van der Waals surface area contributed by atoms with Gasteiger partial charge in [0.2, 0.25) is 5.75 Å². The van der Waals surface area contributed by atoms with Crippen LogP contribution in [0.4, 0.5) is 4.79 Å². The number of nitrogens with two attached hydrogens (primary N) is 1. The van der Waals surface area contributed by atoms with E-state index in [-0.39, 0.29) is 6.04 Å². The summed E-state index contributed by atoms with van der Waals surface area (Å²) in [6, 6.07) is 3.30. The van der Waals surface area contributed by atoms with Crippen LogP contribution in [0, 0.1) is 0 Å². The van der Waals surface area contributed by atoms with Crippen molar-refractivity contribution in [2.45, 2.75) is 13.0 Å². The molecule has 1 atom stereocenters. The van der Waals surface area contributed by atoms with Crippen molar-refractivity contribution in [1.29, 1.82) is 0 Å². The van der Waals surface area contributed by atoms with Crippen LogP contribution >= 0.6 is 0 Å². The number of carbonyl (C=O) groups excluding carboxylic acids is 1. The number of primary amides is 1. The third kappa shape index (κ3) is 4.71. The summed E-state index contributed by atoms with van der Waals surface area (Å²) in [7, 11) is 4.73. The first-order valence-corrected chi connectivity index (χ1v) is 6.60. The van der Waals surface area contributed by atoms with Gasteiger partial charge >= 0.3 is 6.03 Å². The minimum absolute atomic E-state index is 0.0494. The molecule has 2 amide bonds. The predicted octanol–water partition coefficient (Wildman–Crippen LogP) is 1.03. The lowest BCUT2D eigenvalue weighted by Gasteiger charge is -2.18. The third-order valence-corrected chi connectivity index (χ3v) is 3.06. The molecule has 7 heteroatoms. The van der Waals surface area contributed by atoms with Crippen molar-refractivity contribution in [2.24, 2.45) is 5.73 Å². The normalized spacial score (nSPS) is 11.6. The second-order valence-electron chi connectivity index (χ2n) is 4.43. The Kier molecular flexibility index (Phi) is 6.61. The summed E-state index contributed by atoms with van der Waals surface area (Å²) in [5.74, 6) is 1.78. The van der Waals surface area contributed by atoms with Gasteiger partial charge in [0, 0.05) is 19.1 Å². The number of ether oxygens (including phenoxy) is 3. The zero-order valence-electron chi connectivity index (χ0n) is 12.9. The number of rotatable bonds is 8. The predicted molar refractivity (Wildman–Crippen MR) is 80.1 cm³/mol. The second-order valence-corrected chi connectivity index (χ2v) is 4.43. The molecular weight excluding hydrogens is 274 g/mol. The third-order valence-electron chi connectivity index (χ3n) is 3.06. The van der Waals surface area contributed by atoms with Gasteiger partial charge in [0.1, 0.15) is 0 Å². The summed E-state index contributed by atoms with van der Waals surface area (Å²) in [5.41, 5.74) is 5.99. The van der Waals surface area contributed by atoms with Gasteiger partial charge in [-0.2, -0.15) is 0 Å². The van der Waals surface area contributed by atoms with Crippen LogP contribution in [0.15, 0.2) is 12.1 Å². The molecule has 0 aliphatic carbocycles. The number of amides is 2. The fourth-order valence-electron chi connectivity index (χ4n) is 1.94. The smallest absolute Gasteiger partial charge is 0.312 e. The summed E-state index contributed by atoms with van der Waals surface area (Å²) in [5, 5.41) is 5.79. The van der Waals surface area contributed by atoms with Gasteiger partial charge in [-0.1, -0.05) is 0 Å². The first-order valence-electron chi connectivity index (χ1n) is 6.60. The van der Waals surface area contributed by atoms with E-state index in [1.807, 2.05) is 19.1 Å². The molecule has 21 heavy (non-hydrogen) atoms. The number of hydrogen-bond donors (Lipinski definition) is 3. The summed E-state index contributed by atoms with van der Waals surface area (Å²) in [6.45, 7) is 3.07. The number of nitrogens with one attached hydrogen (secondary N) is 2. The topological polar surface area (TPSA) is 94.8 Å². The molecule has 0 bridgehead atoms. The molecule has 0 saturated heterocycles. The van der Waals surface area contributed by atoms with Crippen molar-refractivity contribution in [2.75, 3.05) is 34.4 Å². The van der Waals surface area contributed by atoms with Crippen molar-refractivity contribution in [3.63, 3.8) is 0 Å². The minimum Gasteiger partial charge on any atom is -0.493 e. The Morgan fingerprint density at radius 2 is 1.71 bits per heavy atom. The maximum atomic E-state index is 10.6. The Hall–Kier alpha value is -2.15. The highest BCUT2D eigenvalue weighted by Gasteiger charge is 2.15. The number of benzene rings is 1. The van der Waals surface area contributed by atoms with Crippen molar-refractivity contribution >= 4 is 6.03 Å². The van der Waals surface area contributed by atoms with Gasteiger partial charge in [0.15, 0.2) is 11.5 Å². The standard InChI is InChI=1S/C14H23N3O4/c1-9(16-5-6-17-14(15)18)10-7-11(19-2)13(21-4)12(8-10)20-3/h7-9,16H,5-6H2,1-4H3,(H3,15,17,18). The molecule has 0 spiro atoms. The number of urea groups is 1. The van der Waals surface area contributed by atoms with Crippen LogP contribution in [-0.4, -0.2) is 40.5 Å². The molecule has 1 aromatic rings. The van der Waals surface area contributed by atoms with Crippen LogP contribution in [0.5, 0.6) is 17.2 Å². The van der Waals surface area contributed by atoms with Gasteiger partial charge in [-0.05, 0) is 24.6 Å². The maximum Gasteiger partial charge on any atom is 0.312 e. The van der Waals surface area contributed by atoms with Crippen molar-refractivity contribution in [3.8, 4) is 17.2 Å². The van der Waals surface area contributed by atoms with E-state index in [0.717, 1.165) is 5.56 Å². The Balaban J connectivity index is 2.79. The molecule has 118 valence electrons. The molecule has 0 fully saturated rings. The maximum absolute atomic E-state index is 10.6. The van der Waals surface area contributed by atoms with E-state index in [1.165, 1.54) is 0 Å². The molecule has 0 heterocycles. The molecule has 0 saturated carbocycles. The molecule has 4 N–H and O–H groups in total. The highest BCUT2D eigenvalue weighted by Crippen LogP contribution is 2.39. The van der Waals surface area contributed by atoms with Gasteiger partial charge in [0.25, 0.3) is 0 Å². The first kappa shape index (κ1) is 16.9. The van der Waals surface area contributed by atoms with Crippen LogP contribution in [-0.2, 0) is 0 Å². The minimum atomic E-state index is -0.530. The lowest BCUT2D eigenvalue weighted by molar-refractivity contribution is 0.249. The van der Waals surface area contributed by atoms with E-state index < -0.39 is 6.03 Å². The Morgan fingerprint density at radius 3 is 2.14 bits per heavy atom. The zero-order valence-corrected chi connectivity index (χ0v) is 12.9. The molecule has 1 rings (SSSR count). The molecular formula is C14H23N3O4. The van der Waals surface area contributed by atoms with Gasteiger partial charge in [-0.3, -0.25) is 0 Å². The van der Waals surface area contributed by atoms with Gasteiger partial charge < -0.3 is 30.6 Å². The highest BCUT2D eigenvalue weighted by atomic mass is 16.5. The average molecular weight is 297 g/mol. The lowest BCUT2D eigenvalue weighted by atomic mass is 10.1. The number of methoxy groups -OCH3 is 3. The monoisotopic (exact) mass is 297 g/mol. The molecule has 7 nitrogen and oxygen atoms in total. The zero-order chi connectivity index (χ0) is 15.8. The summed E-state index contributed by atoms with van der Waals surface area (Å²) >= 11 is 0.